The van der Waals surface area contributed by atoms with E-state index in [1.165, 1.54) is 10.8 Å². The molecule has 0 aliphatic carbocycles. The van der Waals surface area contributed by atoms with Gasteiger partial charge in [0.15, 0.2) is 0 Å². The summed E-state index contributed by atoms with van der Waals surface area (Å²) in [5.74, 6) is -0.0388. The quantitative estimate of drug-likeness (QED) is 0.538. The van der Waals surface area contributed by atoms with Crippen LogP contribution in [-0.2, 0) is 0 Å². The minimum absolute atomic E-state index is 0.0388. The number of hydrogen-bond acceptors (Lipinski definition) is 1. The van der Waals surface area contributed by atoms with E-state index in [1.54, 1.807) is 0 Å². The summed E-state index contributed by atoms with van der Waals surface area (Å²) >= 11 is 0. The summed E-state index contributed by atoms with van der Waals surface area (Å²) in [4.78, 5) is 16.1. The Hall–Kier alpha value is -3.07. The van der Waals surface area contributed by atoms with E-state index < -0.39 is 0 Å². The number of carbonyl (C=O) groups excluding carboxylic acids is 1. The third-order valence-corrected chi connectivity index (χ3v) is 4.81. The zero-order chi connectivity index (χ0) is 17.4. The van der Waals surface area contributed by atoms with Crippen molar-refractivity contribution >= 4 is 27.6 Å². The van der Waals surface area contributed by atoms with E-state index in [9.17, 15) is 4.79 Å². The Bertz CT molecular complexity index is 1070. The average Bonchev–Trinajstić information content (AvgIpc) is 3.09. The van der Waals surface area contributed by atoms with Gasteiger partial charge < -0.3 is 10.3 Å². The molecule has 4 aromatic rings. The molecule has 4 rings (SSSR count). The number of nitrogens with one attached hydrogen (secondary N) is 2. The van der Waals surface area contributed by atoms with Gasteiger partial charge in [-0.3, -0.25) is 4.79 Å². The van der Waals surface area contributed by atoms with Gasteiger partial charge in [0.25, 0.3) is 5.91 Å². The zero-order valence-electron chi connectivity index (χ0n) is 14.3. The number of aromatic amines is 1. The molecule has 1 amide bonds. The van der Waals surface area contributed by atoms with Crippen molar-refractivity contribution in [2.24, 2.45) is 0 Å². The van der Waals surface area contributed by atoms with Crippen molar-refractivity contribution in [2.75, 3.05) is 0 Å². The molecule has 3 aromatic carbocycles. The van der Waals surface area contributed by atoms with Crippen LogP contribution in [0.5, 0.6) is 0 Å². The maximum Gasteiger partial charge on any atom is 0.252 e. The number of benzene rings is 3. The molecule has 0 bridgehead atoms. The van der Waals surface area contributed by atoms with E-state index in [4.69, 9.17) is 0 Å². The lowest BCUT2D eigenvalue weighted by Crippen LogP contribution is -2.27. The second-order valence-corrected chi connectivity index (χ2v) is 6.46. The number of H-pyrrole nitrogens is 1. The van der Waals surface area contributed by atoms with Gasteiger partial charge in [0.1, 0.15) is 0 Å². The highest BCUT2D eigenvalue weighted by molar-refractivity contribution is 6.08. The van der Waals surface area contributed by atoms with Gasteiger partial charge in [0.2, 0.25) is 0 Å². The van der Waals surface area contributed by atoms with E-state index in [-0.39, 0.29) is 11.9 Å². The SMILES string of the molecule is Cc1ccc2[nH]ccc2c1C(=O)N[C@H](C)c1cccc2ccccc12. The average molecular weight is 328 g/mol. The summed E-state index contributed by atoms with van der Waals surface area (Å²) < 4.78 is 0. The van der Waals surface area contributed by atoms with Gasteiger partial charge in [-0.2, -0.15) is 0 Å². The van der Waals surface area contributed by atoms with Gasteiger partial charge in [0.05, 0.1) is 11.6 Å². The summed E-state index contributed by atoms with van der Waals surface area (Å²) in [6, 6.07) is 20.4. The largest absolute Gasteiger partial charge is 0.361 e. The molecule has 25 heavy (non-hydrogen) atoms. The van der Waals surface area contributed by atoms with Crippen LogP contribution in [0.3, 0.4) is 0 Å². The van der Waals surface area contributed by atoms with Gasteiger partial charge in [0, 0.05) is 17.1 Å². The van der Waals surface area contributed by atoms with E-state index in [1.807, 2.05) is 56.4 Å². The van der Waals surface area contributed by atoms with Crippen LogP contribution in [0.4, 0.5) is 0 Å². The summed E-state index contributed by atoms with van der Waals surface area (Å²) in [5.41, 5.74) is 3.83. The summed E-state index contributed by atoms with van der Waals surface area (Å²) in [6.45, 7) is 4.01. The Labute approximate surface area is 146 Å². The lowest BCUT2D eigenvalue weighted by atomic mass is 9.98. The highest BCUT2D eigenvalue weighted by Gasteiger charge is 2.17. The van der Waals surface area contributed by atoms with Crippen molar-refractivity contribution in [1.82, 2.24) is 10.3 Å². The Morgan fingerprint density at radius 2 is 1.76 bits per heavy atom. The molecular formula is C22H20N2O. The zero-order valence-corrected chi connectivity index (χ0v) is 14.3. The number of carbonyl (C=O) groups is 1. The molecule has 2 N–H and O–H groups in total. The smallest absolute Gasteiger partial charge is 0.252 e. The molecule has 3 nitrogen and oxygen atoms in total. The predicted octanol–water partition coefficient (Wildman–Crippen LogP) is 5.12. The summed E-state index contributed by atoms with van der Waals surface area (Å²) in [7, 11) is 0. The first-order chi connectivity index (χ1) is 12.1. The lowest BCUT2D eigenvalue weighted by Gasteiger charge is -2.18. The topological polar surface area (TPSA) is 44.9 Å². The maximum absolute atomic E-state index is 13.0. The second-order valence-electron chi connectivity index (χ2n) is 6.46. The van der Waals surface area contributed by atoms with E-state index in [0.29, 0.717) is 0 Å². The molecule has 0 spiro atoms. The van der Waals surface area contributed by atoms with Gasteiger partial charge in [-0.25, -0.2) is 0 Å². The first-order valence-corrected chi connectivity index (χ1v) is 8.50. The van der Waals surface area contributed by atoms with Crippen LogP contribution in [0.1, 0.15) is 34.5 Å². The highest BCUT2D eigenvalue weighted by atomic mass is 16.1. The van der Waals surface area contributed by atoms with Crippen LogP contribution in [0, 0.1) is 6.92 Å². The third kappa shape index (κ3) is 2.68. The number of fused-ring (bicyclic) bond motifs is 2. The number of rotatable bonds is 3. The van der Waals surface area contributed by atoms with E-state index in [2.05, 4.69) is 34.6 Å². The van der Waals surface area contributed by atoms with Crippen LogP contribution in [0.25, 0.3) is 21.7 Å². The molecule has 1 heterocycles. The number of amides is 1. The fourth-order valence-electron chi connectivity index (χ4n) is 3.52. The van der Waals surface area contributed by atoms with Crippen molar-refractivity contribution in [2.45, 2.75) is 19.9 Å². The highest BCUT2D eigenvalue weighted by Crippen LogP contribution is 2.26. The molecule has 124 valence electrons. The van der Waals surface area contributed by atoms with Gasteiger partial charge in [-0.05, 0) is 47.9 Å². The second kappa shape index (κ2) is 6.10. The van der Waals surface area contributed by atoms with Crippen LogP contribution in [0.2, 0.25) is 0 Å². The van der Waals surface area contributed by atoms with Crippen molar-refractivity contribution in [1.29, 1.82) is 0 Å². The molecular weight excluding hydrogens is 308 g/mol. The number of aryl methyl sites for hydroxylation is 1. The maximum atomic E-state index is 13.0. The summed E-state index contributed by atoms with van der Waals surface area (Å²) in [5, 5.41) is 6.50. The van der Waals surface area contributed by atoms with Crippen molar-refractivity contribution in [3.8, 4) is 0 Å². The standard InChI is InChI=1S/C22H20N2O/c1-14-10-11-20-19(12-13-23-20)21(14)22(25)24-15(2)17-9-5-7-16-6-3-4-8-18(16)17/h3-13,15,23H,1-2H3,(H,24,25)/t15-/m1/s1. The fraction of sp³-hybridized carbons (Fsp3) is 0.136. The Kier molecular flexibility index (Phi) is 3.77. The summed E-state index contributed by atoms with van der Waals surface area (Å²) in [6.07, 6.45) is 1.87. The third-order valence-electron chi connectivity index (χ3n) is 4.81. The van der Waals surface area contributed by atoms with Crippen molar-refractivity contribution < 1.29 is 4.79 Å². The first-order valence-electron chi connectivity index (χ1n) is 8.50. The van der Waals surface area contributed by atoms with Crippen molar-refractivity contribution in [3.63, 3.8) is 0 Å². The Morgan fingerprint density at radius 1 is 0.960 bits per heavy atom. The molecule has 0 unspecified atom stereocenters. The van der Waals surface area contributed by atoms with E-state index >= 15 is 0 Å². The first kappa shape index (κ1) is 15.5. The van der Waals surface area contributed by atoms with E-state index in [0.717, 1.165) is 27.6 Å². The van der Waals surface area contributed by atoms with Crippen molar-refractivity contribution in [3.05, 3.63) is 83.6 Å². The molecule has 0 aliphatic rings. The molecule has 0 saturated heterocycles. The van der Waals surface area contributed by atoms with Gasteiger partial charge in [-0.1, -0.05) is 48.5 Å². The minimum Gasteiger partial charge on any atom is -0.361 e. The molecule has 0 fully saturated rings. The van der Waals surface area contributed by atoms with Gasteiger partial charge in [-0.15, -0.1) is 0 Å². The number of hydrogen-bond donors (Lipinski definition) is 2. The molecule has 1 atom stereocenters. The predicted molar refractivity (Wildman–Crippen MR) is 103 cm³/mol. The normalized spacial score (nSPS) is 12.4. The van der Waals surface area contributed by atoms with Gasteiger partial charge >= 0.3 is 0 Å². The molecule has 0 saturated carbocycles. The Morgan fingerprint density at radius 3 is 2.64 bits per heavy atom. The molecule has 0 aliphatic heterocycles. The molecule has 0 radical (unpaired) electrons. The van der Waals surface area contributed by atoms with Crippen LogP contribution in [0.15, 0.2) is 66.9 Å². The lowest BCUT2D eigenvalue weighted by molar-refractivity contribution is 0.0941. The van der Waals surface area contributed by atoms with Crippen LogP contribution < -0.4 is 5.32 Å². The van der Waals surface area contributed by atoms with Crippen LogP contribution >= 0.6 is 0 Å². The number of aromatic nitrogens is 1. The monoisotopic (exact) mass is 328 g/mol. The fourth-order valence-corrected chi connectivity index (χ4v) is 3.52. The molecule has 1 aromatic heterocycles. The van der Waals surface area contributed by atoms with Crippen LogP contribution in [-0.4, -0.2) is 10.9 Å². The molecule has 3 heteroatoms. The Balaban J connectivity index is 1.70. The minimum atomic E-state index is -0.0767.